The fourth-order valence-corrected chi connectivity index (χ4v) is 1.13. The number of ether oxygens (including phenoxy) is 2. The van der Waals surface area contributed by atoms with Crippen molar-refractivity contribution in [1.82, 2.24) is 0 Å². The summed E-state index contributed by atoms with van der Waals surface area (Å²) in [4.78, 5) is 14.0. The predicted molar refractivity (Wildman–Crippen MR) is 52.8 cm³/mol. The Kier molecular flexibility index (Phi) is 3.13. The number of aromatic carboxylic acids is 1. The molecule has 0 radical (unpaired) electrons. The van der Waals surface area contributed by atoms with Crippen molar-refractivity contribution in [3.8, 4) is 11.5 Å². The zero-order chi connectivity index (χ0) is 11.4. The molecule has 1 rings (SSSR count). The van der Waals surface area contributed by atoms with Gasteiger partial charge < -0.3 is 14.6 Å². The molecule has 0 amide bonds. The van der Waals surface area contributed by atoms with Gasteiger partial charge in [-0.25, -0.2) is 9.64 Å². The Morgan fingerprint density at radius 3 is 2.07 bits per heavy atom. The number of carboxylic acids is 1. The standard InChI is InChI=1S/C10H9NO4/c1-11-9-7(14-2)4-6(10(12)13)5-8(9)15-3/h4-5H,2-3H3,(H,12,13)/i1-1. The molecule has 0 atom stereocenters. The molecule has 0 unspecified atom stereocenters. The van der Waals surface area contributed by atoms with Crippen LogP contribution in [0.4, 0.5) is 5.69 Å². The number of hydrogen-bond donors (Lipinski definition) is 1. The fraction of sp³-hybridized carbons (Fsp3) is 0.200. The van der Waals surface area contributed by atoms with Crippen LogP contribution >= 0.6 is 0 Å². The summed E-state index contributed by atoms with van der Waals surface area (Å²) in [6.45, 7) is 6.93. The summed E-state index contributed by atoms with van der Waals surface area (Å²) in [5.74, 6) is -0.702. The van der Waals surface area contributed by atoms with E-state index >= 15 is 0 Å². The number of benzene rings is 1. The molecule has 1 aromatic carbocycles. The molecule has 1 aromatic rings. The van der Waals surface area contributed by atoms with Crippen molar-refractivity contribution < 1.29 is 19.4 Å². The Bertz CT molecular complexity index is 409. The molecule has 0 aliphatic heterocycles. The first-order valence-corrected chi connectivity index (χ1v) is 4.00. The summed E-state index contributed by atoms with van der Waals surface area (Å²) in [5.41, 5.74) is 0.195. The second-order valence-electron chi connectivity index (χ2n) is 2.65. The summed E-state index contributed by atoms with van der Waals surface area (Å²) < 4.78 is 9.82. The highest BCUT2D eigenvalue weighted by Crippen LogP contribution is 2.38. The van der Waals surface area contributed by atoms with Crippen molar-refractivity contribution in [1.29, 1.82) is 0 Å². The topological polar surface area (TPSA) is 60.1 Å². The largest absolute Gasteiger partial charge is 0.508 e. The van der Waals surface area contributed by atoms with E-state index in [0.29, 0.717) is 0 Å². The van der Waals surface area contributed by atoms with Crippen LogP contribution in [-0.4, -0.2) is 25.3 Å². The van der Waals surface area contributed by atoms with Crippen LogP contribution in [0, 0.1) is 6.57 Å². The van der Waals surface area contributed by atoms with Crippen LogP contribution in [-0.2, 0) is 0 Å². The molecular weight excluding hydrogens is 197 g/mol. The summed E-state index contributed by atoms with van der Waals surface area (Å²) in [7, 11) is 2.74. The molecule has 0 aliphatic carbocycles. The van der Waals surface area contributed by atoms with Gasteiger partial charge in [-0.1, -0.05) is 0 Å². The van der Waals surface area contributed by atoms with Gasteiger partial charge in [0.1, 0.15) is 11.5 Å². The minimum absolute atomic E-state index is 0.0242. The highest BCUT2D eigenvalue weighted by Gasteiger charge is 2.15. The van der Waals surface area contributed by atoms with Gasteiger partial charge in [-0.05, 0) is 12.1 Å². The Labute approximate surface area is 86.7 Å². The first kappa shape index (κ1) is 10.9. The Morgan fingerprint density at radius 1 is 1.33 bits per heavy atom. The number of carboxylic acid groups (broad SMARTS) is 1. The summed E-state index contributed by atoms with van der Waals surface area (Å²) in [5, 5.41) is 8.80. The summed E-state index contributed by atoms with van der Waals surface area (Å²) in [6.07, 6.45) is 0. The molecule has 0 aromatic heterocycles. The van der Waals surface area contributed by atoms with Crippen LogP contribution < -0.4 is 9.47 Å². The van der Waals surface area contributed by atoms with E-state index in [4.69, 9.17) is 21.2 Å². The summed E-state index contributed by atoms with van der Waals surface area (Å²) in [6, 6.07) is 2.58. The predicted octanol–water partition coefficient (Wildman–Crippen LogP) is 1.95. The minimum Gasteiger partial charge on any atom is -0.508 e. The maximum absolute atomic E-state index is 10.7. The Hall–Kier alpha value is -2.22. The molecule has 78 valence electrons. The van der Waals surface area contributed by atoms with Gasteiger partial charge in [0.25, 0.3) is 5.69 Å². The zero-order valence-corrected chi connectivity index (χ0v) is 8.27. The molecule has 0 aliphatic rings. The van der Waals surface area contributed by atoms with Gasteiger partial charge in [0.05, 0.1) is 26.4 Å². The lowest BCUT2D eigenvalue weighted by molar-refractivity contribution is 0.0696. The lowest BCUT2D eigenvalue weighted by Gasteiger charge is -2.08. The van der Waals surface area contributed by atoms with Gasteiger partial charge in [0, 0.05) is 0 Å². The van der Waals surface area contributed by atoms with Gasteiger partial charge in [-0.15, -0.1) is 0 Å². The molecule has 0 spiro atoms. The molecule has 0 heterocycles. The maximum atomic E-state index is 10.7. The smallest absolute Gasteiger partial charge is 0.335 e. The normalized spacial score (nSPS) is 9.13. The summed E-state index contributed by atoms with van der Waals surface area (Å²) >= 11 is 0. The first-order chi connectivity index (χ1) is 7.13. The molecular formula is C10H9NO4. The van der Waals surface area contributed by atoms with Gasteiger partial charge in [-0.2, -0.15) is 0 Å². The lowest BCUT2D eigenvalue weighted by atomic mass is 10.1. The zero-order valence-electron chi connectivity index (χ0n) is 8.27. The van der Waals surface area contributed by atoms with E-state index in [2.05, 4.69) is 4.85 Å². The first-order valence-electron chi connectivity index (χ1n) is 4.00. The SMILES string of the molecule is COc1cc(C(=O)O)cc(OC)c1[N+]#[11C-]. The number of rotatable bonds is 3. The van der Waals surface area contributed by atoms with Crippen molar-refractivity contribution in [2.24, 2.45) is 0 Å². The van der Waals surface area contributed by atoms with Crippen molar-refractivity contribution in [3.63, 3.8) is 0 Å². The number of carbonyl (C=O) groups is 1. The molecule has 15 heavy (non-hydrogen) atoms. The van der Waals surface area contributed by atoms with E-state index in [0.717, 1.165) is 0 Å². The minimum atomic E-state index is -1.09. The van der Waals surface area contributed by atoms with Crippen molar-refractivity contribution >= 4 is 11.7 Å². The van der Waals surface area contributed by atoms with Crippen molar-refractivity contribution in [2.45, 2.75) is 0 Å². The molecule has 0 bridgehead atoms. The molecule has 0 saturated heterocycles. The average molecular weight is 206 g/mol. The lowest BCUT2D eigenvalue weighted by Crippen LogP contribution is -1.98. The number of nitrogens with zero attached hydrogens (tertiary/aromatic N) is 1. The quantitative estimate of drug-likeness (QED) is 0.768. The van der Waals surface area contributed by atoms with E-state index in [1.54, 1.807) is 0 Å². The molecule has 0 saturated carbocycles. The molecule has 0 fully saturated rings. The molecule has 5 nitrogen and oxygen atoms in total. The second kappa shape index (κ2) is 4.33. The van der Waals surface area contributed by atoms with Crippen LogP contribution in [0.3, 0.4) is 0 Å². The van der Waals surface area contributed by atoms with Crippen LogP contribution in [0.15, 0.2) is 12.1 Å². The highest BCUT2D eigenvalue weighted by molar-refractivity contribution is 5.90. The second-order valence-corrected chi connectivity index (χ2v) is 2.65. The Morgan fingerprint density at radius 2 is 1.80 bits per heavy atom. The highest BCUT2D eigenvalue weighted by atomic mass is 16.5. The van der Waals surface area contributed by atoms with E-state index < -0.39 is 5.97 Å². The number of methoxy groups -OCH3 is 2. The van der Waals surface area contributed by atoms with Gasteiger partial charge >= 0.3 is 5.97 Å². The van der Waals surface area contributed by atoms with Crippen LogP contribution in [0.5, 0.6) is 11.5 Å². The van der Waals surface area contributed by atoms with Crippen LogP contribution in [0.2, 0.25) is 0 Å². The van der Waals surface area contributed by atoms with Crippen molar-refractivity contribution in [2.75, 3.05) is 14.2 Å². The van der Waals surface area contributed by atoms with Gasteiger partial charge in [-0.3, -0.25) is 0 Å². The molecule has 5 heteroatoms. The third kappa shape index (κ3) is 1.99. The van der Waals surface area contributed by atoms with E-state index in [1.165, 1.54) is 26.4 Å². The van der Waals surface area contributed by atoms with Gasteiger partial charge in [0.15, 0.2) is 0 Å². The molecule has 1 N–H and O–H groups in total. The van der Waals surface area contributed by atoms with Crippen LogP contribution in [0.25, 0.3) is 4.85 Å². The third-order valence-corrected chi connectivity index (χ3v) is 1.84. The maximum Gasteiger partial charge on any atom is 0.335 e. The fourth-order valence-electron chi connectivity index (χ4n) is 1.13. The third-order valence-electron chi connectivity index (χ3n) is 1.84. The van der Waals surface area contributed by atoms with E-state index in [9.17, 15) is 4.79 Å². The van der Waals surface area contributed by atoms with Crippen LogP contribution in [0.1, 0.15) is 10.4 Å². The number of hydrogen-bond acceptors (Lipinski definition) is 3. The average Bonchev–Trinajstić information content (AvgIpc) is 2.26. The van der Waals surface area contributed by atoms with E-state index in [1.807, 2.05) is 0 Å². The van der Waals surface area contributed by atoms with E-state index in [-0.39, 0.29) is 22.7 Å². The van der Waals surface area contributed by atoms with Gasteiger partial charge in [0.2, 0.25) is 0 Å². The monoisotopic (exact) mass is 206 g/mol. The van der Waals surface area contributed by atoms with Crippen molar-refractivity contribution in [3.05, 3.63) is 29.1 Å². The Balaban J connectivity index is 3.44.